The summed E-state index contributed by atoms with van der Waals surface area (Å²) < 4.78 is 24.9. The highest BCUT2D eigenvalue weighted by Crippen LogP contribution is 2.27. The third-order valence-corrected chi connectivity index (χ3v) is 5.58. The van der Waals surface area contributed by atoms with Crippen LogP contribution in [0.25, 0.3) is 11.3 Å². The van der Waals surface area contributed by atoms with Gasteiger partial charge in [-0.25, -0.2) is 13.4 Å². The van der Waals surface area contributed by atoms with Crippen molar-refractivity contribution in [2.24, 2.45) is 5.92 Å². The Kier molecular flexibility index (Phi) is 7.21. The Labute approximate surface area is 169 Å². The average Bonchev–Trinajstić information content (AvgIpc) is 3.02. The van der Waals surface area contributed by atoms with Crippen LogP contribution in [0.1, 0.15) is 19.8 Å². The first kappa shape index (κ1) is 21.6. The lowest BCUT2D eigenvalue weighted by molar-refractivity contribution is -0.120. The summed E-state index contributed by atoms with van der Waals surface area (Å²) in [6.07, 6.45) is 2.78. The van der Waals surface area contributed by atoms with E-state index in [9.17, 15) is 13.2 Å². The zero-order valence-electron chi connectivity index (χ0n) is 15.1. The van der Waals surface area contributed by atoms with E-state index in [1.165, 1.54) is 11.3 Å². The van der Waals surface area contributed by atoms with Crippen LogP contribution in [-0.4, -0.2) is 38.2 Å². The van der Waals surface area contributed by atoms with E-state index in [0.717, 1.165) is 36.9 Å². The summed E-state index contributed by atoms with van der Waals surface area (Å²) in [5.41, 5.74) is 2.10. The van der Waals surface area contributed by atoms with Crippen LogP contribution in [0.15, 0.2) is 29.6 Å². The van der Waals surface area contributed by atoms with Crippen molar-refractivity contribution in [1.82, 2.24) is 10.3 Å². The second-order valence-corrected chi connectivity index (χ2v) is 9.16. The van der Waals surface area contributed by atoms with Gasteiger partial charge in [0, 0.05) is 28.6 Å². The number of aromatic nitrogens is 1. The predicted molar refractivity (Wildman–Crippen MR) is 112 cm³/mol. The molecule has 0 aliphatic carbocycles. The van der Waals surface area contributed by atoms with Gasteiger partial charge < -0.3 is 10.6 Å². The fourth-order valence-electron chi connectivity index (χ4n) is 2.96. The number of halogens is 1. The van der Waals surface area contributed by atoms with Crippen LogP contribution in [-0.2, 0) is 14.8 Å². The molecule has 1 fully saturated rings. The maximum absolute atomic E-state index is 12.4. The molecule has 0 radical (unpaired) electrons. The van der Waals surface area contributed by atoms with Gasteiger partial charge >= 0.3 is 0 Å². The van der Waals surface area contributed by atoms with Crippen LogP contribution >= 0.6 is 23.7 Å². The first-order valence-electron chi connectivity index (χ1n) is 8.38. The summed E-state index contributed by atoms with van der Waals surface area (Å²) in [7, 11) is -3.29. The quantitative estimate of drug-likeness (QED) is 0.677. The van der Waals surface area contributed by atoms with Gasteiger partial charge in [0.15, 0.2) is 5.13 Å². The summed E-state index contributed by atoms with van der Waals surface area (Å²) in [6.45, 7) is 2.94. The Hall–Kier alpha value is -1.68. The lowest BCUT2D eigenvalue weighted by Gasteiger charge is -2.26. The zero-order valence-corrected chi connectivity index (χ0v) is 17.5. The standard InChI is InChI=1S/C17H22N4O3S2.ClH/c1-11-9-13(7-8-18-11)16(22)20-17-19-15(10-25-17)12-3-5-14(6-4-12)21-26(2,23)24;/h3-6,10-11,13,18,21H,7-9H2,1-2H3,(H,19,20,22);1H/t11-,13-;/m0./s1. The number of carbonyl (C=O) groups is 1. The molecular weight excluding hydrogens is 408 g/mol. The highest BCUT2D eigenvalue weighted by Gasteiger charge is 2.25. The smallest absolute Gasteiger partial charge is 0.229 e. The molecule has 2 aromatic rings. The van der Waals surface area contributed by atoms with Crippen LogP contribution in [0.5, 0.6) is 0 Å². The van der Waals surface area contributed by atoms with Crippen LogP contribution in [0, 0.1) is 5.92 Å². The van der Waals surface area contributed by atoms with Crippen LogP contribution < -0.4 is 15.4 Å². The van der Waals surface area contributed by atoms with Crippen LogP contribution in [0.3, 0.4) is 0 Å². The van der Waals surface area contributed by atoms with Gasteiger partial charge in [0.1, 0.15) is 0 Å². The van der Waals surface area contributed by atoms with E-state index in [2.05, 4.69) is 27.3 Å². The molecule has 3 N–H and O–H groups in total. The zero-order chi connectivity index (χ0) is 18.7. The Balaban J connectivity index is 0.00000261. The predicted octanol–water partition coefficient (Wildman–Crippen LogP) is 2.93. The number of anilines is 2. The van der Waals surface area contributed by atoms with Gasteiger partial charge in [0.2, 0.25) is 15.9 Å². The number of hydrogen-bond acceptors (Lipinski definition) is 6. The van der Waals surface area contributed by atoms with E-state index >= 15 is 0 Å². The number of carbonyl (C=O) groups excluding carboxylic acids is 1. The number of nitrogens with zero attached hydrogens (tertiary/aromatic N) is 1. The molecule has 0 bridgehead atoms. The van der Waals surface area contributed by atoms with Crippen molar-refractivity contribution in [2.75, 3.05) is 22.8 Å². The highest BCUT2D eigenvalue weighted by atomic mass is 35.5. The normalized spacial score (nSPS) is 19.8. The molecule has 0 saturated carbocycles. The first-order chi connectivity index (χ1) is 12.3. The van der Waals surface area contributed by atoms with E-state index in [1.807, 2.05) is 5.38 Å². The second kappa shape index (κ2) is 9.01. The van der Waals surface area contributed by atoms with E-state index in [4.69, 9.17) is 0 Å². The van der Waals surface area contributed by atoms with Gasteiger partial charge in [-0.15, -0.1) is 23.7 Å². The summed E-state index contributed by atoms with van der Waals surface area (Å²) >= 11 is 1.38. The molecule has 1 aromatic heterocycles. The molecule has 27 heavy (non-hydrogen) atoms. The average molecular weight is 431 g/mol. The number of rotatable bonds is 5. The van der Waals surface area contributed by atoms with Gasteiger partial charge in [-0.05, 0) is 38.4 Å². The third kappa shape index (κ3) is 6.17. The molecule has 1 saturated heterocycles. The number of nitrogens with one attached hydrogen (secondary N) is 3. The lowest BCUT2D eigenvalue weighted by atomic mass is 9.92. The molecule has 0 spiro atoms. The fraction of sp³-hybridized carbons (Fsp3) is 0.412. The molecule has 1 amide bonds. The molecule has 2 atom stereocenters. The number of benzene rings is 1. The molecule has 0 unspecified atom stereocenters. The SMILES string of the molecule is C[C@H]1C[C@@H](C(=O)Nc2nc(-c3ccc(NS(C)(=O)=O)cc3)cs2)CCN1.Cl. The summed E-state index contributed by atoms with van der Waals surface area (Å²) in [5.74, 6) is 0.0342. The van der Waals surface area contributed by atoms with Crippen molar-refractivity contribution >= 4 is 50.5 Å². The van der Waals surface area contributed by atoms with Crippen molar-refractivity contribution in [3.05, 3.63) is 29.6 Å². The van der Waals surface area contributed by atoms with E-state index in [-0.39, 0.29) is 24.2 Å². The number of hydrogen-bond donors (Lipinski definition) is 3. The summed E-state index contributed by atoms with van der Waals surface area (Å²) in [5, 5.41) is 8.71. The highest BCUT2D eigenvalue weighted by molar-refractivity contribution is 7.92. The largest absolute Gasteiger partial charge is 0.314 e. The number of amides is 1. The Bertz CT molecular complexity index is 884. The minimum absolute atomic E-state index is 0. The third-order valence-electron chi connectivity index (χ3n) is 4.21. The molecule has 7 nitrogen and oxygen atoms in total. The summed E-state index contributed by atoms with van der Waals surface area (Å²) in [6, 6.07) is 7.31. The van der Waals surface area contributed by atoms with Crippen LogP contribution in [0.4, 0.5) is 10.8 Å². The van der Waals surface area contributed by atoms with Crippen molar-refractivity contribution in [3.63, 3.8) is 0 Å². The summed E-state index contributed by atoms with van der Waals surface area (Å²) in [4.78, 5) is 16.9. The maximum atomic E-state index is 12.4. The minimum Gasteiger partial charge on any atom is -0.314 e. The van der Waals surface area contributed by atoms with Gasteiger partial charge in [-0.1, -0.05) is 12.1 Å². The monoisotopic (exact) mass is 430 g/mol. The van der Waals surface area contributed by atoms with E-state index < -0.39 is 10.0 Å². The minimum atomic E-state index is -3.29. The van der Waals surface area contributed by atoms with E-state index in [1.54, 1.807) is 24.3 Å². The molecular formula is C17H23ClN4O3S2. The van der Waals surface area contributed by atoms with Crippen molar-refractivity contribution in [1.29, 1.82) is 0 Å². The molecule has 2 heterocycles. The Morgan fingerprint density at radius 2 is 2.00 bits per heavy atom. The number of sulfonamides is 1. The van der Waals surface area contributed by atoms with Gasteiger partial charge in [-0.2, -0.15) is 0 Å². The van der Waals surface area contributed by atoms with Gasteiger partial charge in [0.05, 0.1) is 11.9 Å². The van der Waals surface area contributed by atoms with Crippen molar-refractivity contribution in [3.8, 4) is 11.3 Å². The van der Waals surface area contributed by atoms with Gasteiger partial charge in [0.25, 0.3) is 0 Å². The second-order valence-electron chi connectivity index (χ2n) is 6.56. The topological polar surface area (TPSA) is 100 Å². The number of piperidine rings is 1. The Morgan fingerprint density at radius 3 is 2.63 bits per heavy atom. The molecule has 1 aliphatic rings. The maximum Gasteiger partial charge on any atom is 0.229 e. The molecule has 1 aromatic carbocycles. The van der Waals surface area contributed by atoms with Gasteiger partial charge in [-0.3, -0.25) is 9.52 Å². The fourth-order valence-corrected chi connectivity index (χ4v) is 4.25. The first-order valence-corrected chi connectivity index (χ1v) is 11.2. The van der Waals surface area contributed by atoms with Crippen molar-refractivity contribution in [2.45, 2.75) is 25.8 Å². The molecule has 3 rings (SSSR count). The van der Waals surface area contributed by atoms with Crippen molar-refractivity contribution < 1.29 is 13.2 Å². The lowest BCUT2D eigenvalue weighted by Crippen LogP contribution is -2.40. The number of thiazole rings is 1. The molecule has 1 aliphatic heterocycles. The molecule has 148 valence electrons. The molecule has 10 heteroatoms. The Morgan fingerprint density at radius 1 is 1.30 bits per heavy atom. The van der Waals surface area contributed by atoms with E-state index in [0.29, 0.717) is 16.9 Å². The van der Waals surface area contributed by atoms with Crippen LogP contribution in [0.2, 0.25) is 0 Å².